The van der Waals surface area contributed by atoms with E-state index < -0.39 is 0 Å². The predicted octanol–water partition coefficient (Wildman–Crippen LogP) is 2.56. The standard InChI is InChI=1S/C16H25FN2O/c1-12(7-9-18)3-6-16(20)19-10-8-14-4-5-15(17)11-13(14)2/h4-5,11-12H,3,6-10,18H2,1-2H3,(H,19,20). The van der Waals surface area contributed by atoms with E-state index in [1.165, 1.54) is 12.1 Å². The molecule has 0 bridgehead atoms. The van der Waals surface area contributed by atoms with Gasteiger partial charge in [0, 0.05) is 13.0 Å². The van der Waals surface area contributed by atoms with E-state index in [0.717, 1.165) is 30.4 Å². The van der Waals surface area contributed by atoms with Crippen molar-refractivity contribution in [2.45, 2.75) is 39.5 Å². The molecule has 0 saturated heterocycles. The Labute approximate surface area is 120 Å². The average Bonchev–Trinajstić information content (AvgIpc) is 2.39. The molecule has 0 aliphatic rings. The number of benzene rings is 1. The molecule has 1 aromatic rings. The minimum absolute atomic E-state index is 0.0774. The molecule has 112 valence electrons. The van der Waals surface area contributed by atoms with E-state index in [4.69, 9.17) is 5.73 Å². The summed E-state index contributed by atoms with van der Waals surface area (Å²) in [6.45, 7) is 5.26. The van der Waals surface area contributed by atoms with Gasteiger partial charge < -0.3 is 11.1 Å². The molecule has 1 unspecified atom stereocenters. The summed E-state index contributed by atoms with van der Waals surface area (Å²) in [5.74, 6) is 0.350. The van der Waals surface area contributed by atoms with Crippen molar-refractivity contribution in [1.82, 2.24) is 5.32 Å². The Bertz CT molecular complexity index is 434. The van der Waals surface area contributed by atoms with Crippen molar-refractivity contribution in [2.75, 3.05) is 13.1 Å². The van der Waals surface area contributed by atoms with Gasteiger partial charge in [-0.2, -0.15) is 0 Å². The van der Waals surface area contributed by atoms with Gasteiger partial charge in [-0.05, 0) is 61.9 Å². The van der Waals surface area contributed by atoms with Crippen LogP contribution in [-0.2, 0) is 11.2 Å². The highest BCUT2D eigenvalue weighted by atomic mass is 19.1. The monoisotopic (exact) mass is 280 g/mol. The summed E-state index contributed by atoms with van der Waals surface area (Å²) in [4.78, 5) is 11.7. The van der Waals surface area contributed by atoms with Gasteiger partial charge in [0.25, 0.3) is 0 Å². The van der Waals surface area contributed by atoms with Crippen LogP contribution < -0.4 is 11.1 Å². The molecule has 0 aromatic heterocycles. The van der Waals surface area contributed by atoms with Crippen LogP contribution in [0, 0.1) is 18.7 Å². The predicted molar refractivity (Wildman–Crippen MR) is 79.9 cm³/mol. The largest absolute Gasteiger partial charge is 0.356 e. The van der Waals surface area contributed by atoms with Crippen molar-refractivity contribution in [1.29, 1.82) is 0 Å². The van der Waals surface area contributed by atoms with Crippen LogP contribution in [-0.4, -0.2) is 19.0 Å². The summed E-state index contributed by atoms with van der Waals surface area (Å²) in [7, 11) is 0. The third-order valence-electron chi connectivity index (χ3n) is 3.54. The van der Waals surface area contributed by atoms with E-state index in [9.17, 15) is 9.18 Å². The van der Waals surface area contributed by atoms with E-state index in [-0.39, 0.29) is 11.7 Å². The first-order valence-corrected chi connectivity index (χ1v) is 7.24. The highest BCUT2D eigenvalue weighted by Gasteiger charge is 2.06. The highest BCUT2D eigenvalue weighted by Crippen LogP contribution is 2.11. The van der Waals surface area contributed by atoms with Gasteiger partial charge in [-0.3, -0.25) is 4.79 Å². The van der Waals surface area contributed by atoms with Crippen molar-refractivity contribution >= 4 is 5.91 Å². The van der Waals surface area contributed by atoms with E-state index in [2.05, 4.69) is 12.2 Å². The third-order valence-corrected chi connectivity index (χ3v) is 3.54. The van der Waals surface area contributed by atoms with Crippen LogP contribution in [0.4, 0.5) is 4.39 Å². The van der Waals surface area contributed by atoms with E-state index in [1.807, 2.05) is 6.92 Å². The molecule has 0 radical (unpaired) electrons. The molecule has 20 heavy (non-hydrogen) atoms. The summed E-state index contributed by atoms with van der Waals surface area (Å²) in [5.41, 5.74) is 7.48. The van der Waals surface area contributed by atoms with Gasteiger partial charge in [-0.25, -0.2) is 4.39 Å². The second-order valence-corrected chi connectivity index (χ2v) is 5.39. The molecule has 4 heteroatoms. The van der Waals surface area contributed by atoms with E-state index in [0.29, 0.717) is 25.4 Å². The molecular formula is C16H25FN2O. The maximum Gasteiger partial charge on any atom is 0.220 e. The van der Waals surface area contributed by atoms with Gasteiger partial charge >= 0.3 is 0 Å². The molecule has 0 saturated carbocycles. The quantitative estimate of drug-likeness (QED) is 0.769. The van der Waals surface area contributed by atoms with E-state index >= 15 is 0 Å². The first kappa shape index (κ1) is 16.6. The molecule has 0 heterocycles. The number of amides is 1. The summed E-state index contributed by atoms with van der Waals surface area (Å²) < 4.78 is 13.0. The molecule has 1 aromatic carbocycles. The Morgan fingerprint density at radius 3 is 2.80 bits per heavy atom. The molecule has 0 spiro atoms. The molecule has 1 rings (SSSR count). The van der Waals surface area contributed by atoms with Gasteiger partial charge in [0.1, 0.15) is 5.82 Å². The van der Waals surface area contributed by atoms with Crippen LogP contribution in [0.3, 0.4) is 0 Å². The lowest BCUT2D eigenvalue weighted by molar-refractivity contribution is -0.121. The van der Waals surface area contributed by atoms with Crippen molar-refractivity contribution < 1.29 is 9.18 Å². The van der Waals surface area contributed by atoms with Crippen molar-refractivity contribution in [3.8, 4) is 0 Å². The number of hydrogen-bond acceptors (Lipinski definition) is 2. The van der Waals surface area contributed by atoms with Crippen molar-refractivity contribution in [2.24, 2.45) is 11.7 Å². The zero-order valence-electron chi connectivity index (χ0n) is 12.4. The second-order valence-electron chi connectivity index (χ2n) is 5.39. The molecule has 0 aliphatic carbocycles. The first-order chi connectivity index (χ1) is 9.52. The van der Waals surface area contributed by atoms with Gasteiger partial charge in [-0.1, -0.05) is 13.0 Å². The number of rotatable bonds is 8. The lowest BCUT2D eigenvalue weighted by Crippen LogP contribution is -2.26. The average molecular weight is 280 g/mol. The van der Waals surface area contributed by atoms with Crippen LogP contribution in [0.1, 0.15) is 37.3 Å². The van der Waals surface area contributed by atoms with Gasteiger partial charge in [-0.15, -0.1) is 0 Å². The first-order valence-electron chi connectivity index (χ1n) is 7.24. The summed E-state index contributed by atoms with van der Waals surface area (Å²) in [6.07, 6.45) is 3.11. The summed E-state index contributed by atoms with van der Waals surface area (Å²) in [6, 6.07) is 4.75. The molecule has 3 nitrogen and oxygen atoms in total. The lowest BCUT2D eigenvalue weighted by Gasteiger charge is -2.10. The minimum Gasteiger partial charge on any atom is -0.356 e. The summed E-state index contributed by atoms with van der Waals surface area (Å²) in [5, 5.41) is 2.91. The van der Waals surface area contributed by atoms with Crippen LogP contribution in [0.5, 0.6) is 0 Å². The van der Waals surface area contributed by atoms with Crippen molar-refractivity contribution in [3.63, 3.8) is 0 Å². The number of carbonyl (C=O) groups excluding carboxylic acids is 1. The Morgan fingerprint density at radius 1 is 1.40 bits per heavy atom. The Kier molecular flexibility index (Phi) is 7.23. The highest BCUT2D eigenvalue weighted by molar-refractivity contribution is 5.75. The smallest absolute Gasteiger partial charge is 0.220 e. The number of hydrogen-bond donors (Lipinski definition) is 2. The van der Waals surface area contributed by atoms with Crippen LogP contribution in [0.15, 0.2) is 18.2 Å². The number of halogens is 1. The number of aryl methyl sites for hydroxylation is 1. The Morgan fingerprint density at radius 2 is 2.15 bits per heavy atom. The topological polar surface area (TPSA) is 55.1 Å². The molecule has 0 aliphatic heterocycles. The second kappa shape index (κ2) is 8.69. The lowest BCUT2D eigenvalue weighted by atomic mass is 10.0. The van der Waals surface area contributed by atoms with Crippen LogP contribution in [0.25, 0.3) is 0 Å². The summed E-state index contributed by atoms with van der Waals surface area (Å²) >= 11 is 0. The molecule has 1 atom stereocenters. The Balaban J connectivity index is 2.24. The fourth-order valence-electron chi connectivity index (χ4n) is 2.17. The van der Waals surface area contributed by atoms with Gasteiger partial charge in [0.05, 0.1) is 0 Å². The zero-order chi connectivity index (χ0) is 15.0. The van der Waals surface area contributed by atoms with E-state index in [1.54, 1.807) is 6.07 Å². The van der Waals surface area contributed by atoms with Crippen LogP contribution >= 0.6 is 0 Å². The van der Waals surface area contributed by atoms with Crippen molar-refractivity contribution in [3.05, 3.63) is 35.1 Å². The fourth-order valence-corrected chi connectivity index (χ4v) is 2.17. The number of nitrogens with two attached hydrogens (primary N) is 1. The maximum absolute atomic E-state index is 13.0. The molecule has 3 N–H and O–H groups in total. The van der Waals surface area contributed by atoms with Gasteiger partial charge in [0.15, 0.2) is 0 Å². The van der Waals surface area contributed by atoms with Gasteiger partial charge in [0.2, 0.25) is 5.91 Å². The Hall–Kier alpha value is -1.42. The normalized spacial score (nSPS) is 12.2. The molecule has 0 fully saturated rings. The zero-order valence-corrected chi connectivity index (χ0v) is 12.4. The maximum atomic E-state index is 13.0. The SMILES string of the molecule is Cc1cc(F)ccc1CCNC(=O)CCC(C)CCN. The van der Waals surface area contributed by atoms with Crippen LogP contribution in [0.2, 0.25) is 0 Å². The fraction of sp³-hybridized carbons (Fsp3) is 0.562. The molecule has 1 amide bonds. The molecular weight excluding hydrogens is 255 g/mol. The minimum atomic E-state index is -0.218. The number of nitrogens with one attached hydrogen (secondary N) is 1. The third kappa shape index (κ3) is 6.15. The number of carbonyl (C=O) groups is 1.